The molecule has 1 heterocycles. The highest BCUT2D eigenvalue weighted by Gasteiger charge is 2.09. The summed E-state index contributed by atoms with van der Waals surface area (Å²) in [7, 11) is 1.98. The van der Waals surface area contributed by atoms with Gasteiger partial charge in [-0.25, -0.2) is 9.78 Å². The third kappa shape index (κ3) is 3.15. The summed E-state index contributed by atoms with van der Waals surface area (Å²) in [6.07, 6.45) is 0. The van der Waals surface area contributed by atoms with Crippen LogP contribution >= 0.6 is 0 Å². The molecule has 0 aliphatic rings. The molecule has 0 atom stereocenters. The second-order valence-corrected chi connectivity index (χ2v) is 4.97. The molecule has 0 aliphatic carbocycles. The van der Waals surface area contributed by atoms with Gasteiger partial charge in [-0.15, -0.1) is 0 Å². The van der Waals surface area contributed by atoms with Crippen LogP contribution in [0.25, 0.3) is 0 Å². The summed E-state index contributed by atoms with van der Waals surface area (Å²) in [4.78, 5) is 17.1. The molecule has 0 amide bonds. The standard InChI is InChI=1S/C16H18N2O2/c1-11-7-8-15(12(2)9-11)18(3)10-13-5-4-6-14(17-13)16(19)20/h4-9H,10H2,1-3H3,(H,19,20). The summed E-state index contributed by atoms with van der Waals surface area (Å²) in [5.41, 5.74) is 4.37. The Bertz CT molecular complexity index is 638. The molecule has 1 N–H and O–H groups in total. The first-order chi connectivity index (χ1) is 9.47. The molecule has 1 aromatic carbocycles. The van der Waals surface area contributed by atoms with E-state index in [4.69, 9.17) is 5.11 Å². The van der Waals surface area contributed by atoms with E-state index in [1.54, 1.807) is 6.07 Å². The lowest BCUT2D eigenvalue weighted by Crippen LogP contribution is -2.19. The van der Waals surface area contributed by atoms with Crippen molar-refractivity contribution >= 4 is 11.7 Å². The topological polar surface area (TPSA) is 53.4 Å². The van der Waals surface area contributed by atoms with Crippen LogP contribution in [0, 0.1) is 13.8 Å². The van der Waals surface area contributed by atoms with Crippen molar-refractivity contribution in [3.05, 3.63) is 58.9 Å². The molecule has 0 fully saturated rings. The summed E-state index contributed by atoms with van der Waals surface area (Å²) in [6.45, 7) is 4.71. The van der Waals surface area contributed by atoms with Gasteiger partial charge in [0.05, 0.1) is 12.2 Å². The van der Waals surface area contributed by atoms with Gasteiger partial charge in [0.25, 0.3) is 0 Å². The van der Waals surface area contributed by atoms with E-state index in [0.29, 0.717) is 6.54 Å². The Kier molecular flexibility index (Phi) is 4.03. The Balaban J connectivity index is 2.21. The van der Waals surface area contributed by atoms with Crippen LogP contribution in [-0.2, 0) is 6.54 Å². The first-order valence-electron chi connectivity index (χ1n) is 6.45. The van der Waals surface area contributed by atoms with E-state index >= 15 is 0 Å². The number of carbonyl (C=O) groups is 1. The van der Waals surface area contributed by atoms with E-state index in [0.717, 1.165) is 11.4 Å². The van der Waals surface area contributed by atoms with Gasteiger partial charge in [0, 0.05) is 12.7 Å². The Morgan fingerprint density at radius 3 is 2.65 bits per heavy atom. The van der Waals surface area contributed by atoms with Crippen LogP contribution in [0.15, 0.2) is 36.4 Å². The highest BCUT2D eigenvalue weighted by atomic mass is 16.4. The van der Waals surface area contributed by atoms with Crippen molar-refractivity contribution in [2.75, 3.05) is 11.9 Å². The number of hydrogen-bond donors (Lipinski definition) is 1. The highest BCUT2D eigenvalue weighted by Crippen LogP contribution is 2.21. The lowest BCUT2D eigenvalue weighted by Gasteiger charge is -2.21. The zero-order chi connectivity index (χ0) is 14.7. The van der Waals surface area contributed by atoms with Crippen LogP contribution in [0.3, 0.4) is 0 Å². The van der Waals surface area contributed by atoms with Gasteiger partial charge >= 0.3 is 5.97 Å². The number of nitrogens with zero attached hydrogens (tertiary/aromatic N) is 2. The maximum Gasteiger partial charge on any atom is 0.354 e. The second kappa shape index (κ2) is 5.74. The molecule has 2 aromatic rings. The molecule has 2 rings (SSSR count). The number of hydrogen-bond acceptors (Lipinski definition) is 3. The van der Waals surface area contributed by atoms with Gasteiger partial charge in [-0.05, 0) is 37.6 Å². The quantitative estimate of drug-likeness (QED) is 0.927. The highest BCUT2D eigenvalue weighted by molar-refractivity contribution is 5.85. The SMILES string of the molecule is Cc1ccc(N(C)Cc2cccc(C(=O)O)n2)c(C)c1. The molecular formula is C16H18N2O2. The zero-order valence-electron chi connectivity index (χ0n) is 11.9. The monoisotopic (exact) mass is 270 g/mol. The van der Waals surface area contributed by atoms with Crippen molar-refractivity contribution < 1.29 is 9.90 Å². The number of carboxylic acids is 1. The molecule has 4 heteroatoms. The lowest BCUT2D eigenvalue weighted by atomic mass is 10.1. The van der Waals surface area contributed by atoms with Crippen molar-refractivity contribution in [1.29, 1.82) is 0 Å². The predicted octanol–water partition coefficient (Wildman–Crippen LogP) is 3.03. The summed E-state index contributed by atoms with van der Waals surface area (Å²) in [5, 5.41) is 8.96. The number of aromatic nitrogens is 1. The summed E-state index contributed by atoms with van der Waals surface area (Å²) >= 11 is 0. The van der Waals surface area contributed by atoms with E-state index in [1.165, 1.54) is 17.2 Å². The Hall–Kier alpha value is -2.36. The molecule has 0 radical (unpaired) electrons. The Morgan fingerprint density at radius 2 is 2.00 bits per heavy atom. The van der Waals surface area contributed by atoms with Crippen molar-refractivity contribution in [1.82, 2.24) is 4.98 Å². The maximum absolute atomic E-state index is 10.9. The van der Waals surface area contributed by atoms with Crippen LogP contribution in [0.2, 0.25) is 0 Å². The van der Waals surface area contributed by atoms with E-state index in [1.807, 2.05) is 13.1 Å². The molecule has 0 aliphatic heterocycles. The molecule has 0 saturated heterocycles. The van der Waals surface area contributed by atoms with Crippen molar-refractivity contribution in [2.24, 2.45) is 0 Å². The molecule has 0 saturated carbocycles. The predicted molar refractivity (Wildman–Crippen MR) is 79.2 cm³/mol. The first-order valence-corrected chi connectivity index (χ1v) is 6.45. The van der Waals surface area contributed by atoms with Crippen molar-refractivity contribution in [3.63, 3.8) is 0 Å². The molecule has 0 unspecified atom stereocenters. The largest absolute Gasteiger partial charge is 0.477 e. The van der Waals surface area contributed by atoms with Gasteiger partial charge in [0.1, 0.15) is 5.69 Å². The molecular weight excluding hydrogens is 252 g/mol. The van der Waals surface area contributed by atoms with Crippen molar-refractivity contribution in [3.8, 4) is 0 Å². The Morgan fingerprint density at radius 1 is 1.25 bits per heavy atom. The maximum atomic E-state index is 10.9. The molecule has 0 spiro atoms. The summed E-state index contributed by atoms with van der Waals surface area (Å²) in [6, 6.07) is 11.3. The molecule has 4 nitrogen and oxygen atoms in total. The molecule has 0 bridgehead atoms. The lowest BCUT2D eigenvalue weighted by molar-refractivity contribution is 0.0690. The minimum atomic E-state index is -0.999. The van der Waals surface area contributed by atoms with Gasteiger partial charge in [-0.3, -0.25) is 0 Å². The summed E-state index contributed by atoms with van der Waals surface area (Å²) < 4.78 is 0. The van der Waals surface area contributed by atoms with Crippen LogP contribution in [0.5, 0.6) is 0 Å². The third-order valence-electron chi connectivity index (χ3n) is 3.19. The zero-order valence-corrected chi connectivity index (χ0v) is 11.9. The minimum Gasteiger partial charge on any atom is -0.477 e. The van der Waals surface area contributed by atoms with Crippen molar-refractivity contribution in [2.45, 2.75) is 20.4 Å². The number of rotatable bonds is 4. The van der Waals surface area contributed by atoms with Gasteiger partial charge in [-0.1, -0.05) is 23.8 Å². The fourth-order valence-electron chi connectivity index (χ4n) is 2.25. The first kappa shape index (κ1) is 14.1. The molecule has 104 valence electrons. The average Bonchev–Trinajstić information content (AvgIpc) is 2.38. The van der Waals surface area contributed by atoms with E-state index in [-0.39, 0.29) is 5.69 Å². The second-order valence-electron chi connectivity index (χ2n) is 4.97. The van der Waals surface area contributed by atoms with E-state index < -0.39 is 5.97 Å². The van der Waals surface area contributed by atoms with E-state index in [2.05, 4.69) is 41.9 Å². The average molecular weight is 270 g/mol. The number of benzene rings is 1. The fraction of sp³-hybridized carbons (Fsp3) is 0.250. The number of aromatic carboxylic acids is 1. The van der Waals surface area contributed by atoms with Gasteiger partial charge in [-0.2, -0.15) is 0 Å². The number of aryl methyl sites for hydroxylation is 2. The van der Waals surface area contributed by atoms with E-state index in [9.17, 15) is 4.79 Å². The van der Waals surface area contributed by atoms with Gasteiger partial charge in [0.2, 0.25) is 0 Å². The number of anilines is 1. The Labute approximate surface area is 118 Å². The van der Waals surface area contributed by atoms with Gasteiger partial charge in [0.15, 0.2) is 0 Å². The number of pyridine rings is 1. The third-order valence-corrected chi connectivity index (χ3v) is 3.19. The fourth-order valence-corrected chi connectivity index (χ4v) is 2.25. The summed E-state index contributed by atoms with van der Waals surface area (Å²) in [5.74, 6) is -0.999. The molecule has 20 heavy (non-hydrogen) atoms. The normalized spacial score (nSPS) is 10.3. The van der Waals surface area contributed by atoms with Crippen LogP contribution in [0.1, 0.15) is 27.3 Å². The smallest absolute Gasteiger partial charge is 0.354 e. The van der Waals surface area contributed by atoms with Crippen LogP contribution in [-0.4, -0.2) is 23.1 Å². The van der Waals surface area contributed by atoms with Gasteiger partial charge < -0.3 is 10.0 Å². The number of carboxylic acid groups (broad SMARTS) is 1. The van der Waals surface area contributed by atoms with Crippen LogP contribution in [0.4, 0.5) is 5.69 Å². The molecule has 1 aromatic heterocycles. The van der Waals surface area contributed by atoms with Crippen LogP contribution < -0.4 is 4.90 Å². The minimum absolute atomic E-state index is 0.0801.